The number of nitrogens with zero attached hydrogens (tertiary/aromatic N) is 2. The normalized spacial score (nSPS) is 14.1. The minimum Gasteiger partial charge on any atom is -0.465 e. The number of amides is 3. The summed E-state index contributed by atoms with van der Waals surface area (Å²) in [5, 5.41) is 12.3. The SMILES string of the molecule is CCN(CC)CCN(C(=O)O)C(=O)c1c(C)[nH]c(C=C2C(=O)Nc3ccc(F)cc32)c1C. The third-order valence-corrected chi connectivity index (χ3v) is 5.75. The molecule has 170 valence electrons. The quantitative estimate of drug-likeness (QED) is 0.567. The lowest BCUT2D eigenvalue weighted by Gasteiger charge is -2.23. The van der Waals surface area contributed by atoms with Crippen LogP contribution in [0.25, 0.3) is 11.6 Å². The summed E-state index contributed by atoms with van der Waals surface area (Å²) in [5.74, 6) is -1.47. The van der Waals surface area contributed by atoms with Crippen LogP contribution < -0.4 is 5.32 Å². The van der Waals surface area contributed by atoms with Crippen LogP contribution in [0.2, 0.25) is 0 Å². The number of likely N-dealkylation sites (N-methyl/N-ethyl adjacent to an activating group) is 1. The summed E-state index contributed by atoms with van der Waals surface area (Å²) in [6, 6.07) is 4.03. The third-order valence-electron chi connectivity index (χ3n) is 5.75. The first kappa shape index (κ1) is 23.2. The van der Waals surface area contributed by atoms with Gasteiger partial charge in [-0.15, -0.1) is 0 Å². The summed E-state index contributed by atoms with van der Waals surface area (Å²) in [5.41, 5.74) is 2.95. The van der Waals surface area contributed by atoms with Crippen molar-refractivity contribution in [3.8, 4) is 0 Å². The lowest BCUT2D eigenvalue weighted by molar-refractivity contribution is -0.110. The molecule has 0 unspecified atom stereocenters. The molecular weight excluding hydrogens is 415 g/mol. The van der Waals surface area contributed by atoms with Crippen LogP contribution in [0.5, 0.6) is 0 Å². The minimum absolute atomic E-state index is 0.0470. The monoisotopic (exact) mass is 442 g/mol. The molecule has 0 fully saturated rings. The molecule has 0 saturated heterocycles. The highest BCUT2D eigenvalue weighted by atomic mass is 19.1. The molecule has 3 rings (SSSR count). The molecule has 1 aliphatic rings. The van der Waals surface area contributed by atoms with Crippen molar-refractivity contribution >= 4 is 35.2 Å². The predicted molar refractivity (Wildman–Crippen MR) is 120 cm³/mol. The van der Waals surface area contributed by atoms with Gasteiger partial charge in [-0.3, -0.25) is 9.59 Å². The number of benzene rings is 1. The second-order valence-electron chi connectivity index (χ2n) is 7.63. The Kier molecular flexibility index (Phi) is 6.78. The molecule has 3 N–H and O–H groups in total. The fraction of sp³-hybridized carbons (Fsp3) is 0.348. The Hall–Kier alpha value is -3.46. The molecule has 0 radical (unpaired) electrons. The van der Waals surface area contributed by atoms with Gasteiger partial charge < -0.3 is 20.3 Å². The Labute approximate surface area is 185 Å². The summed E-state index contributed by atoms with van der Waals surface area (Å²) < 4.78 is 13.7. The Balaban J connectivity index is 1.95. The van der Waals surface area contributed by atoms with Crippen molar-refractivity contribution in [1.29, 1.82) is 0 Å². The van der Waals surface area contributed by atoms with Crippen molar-refractivity contribution in [2.75, 3.05) is 31.5 Å². The van der Waals surface area contributed by atoms with E-state index < -0.39 is 17.8 Å². The molecule has 3 amide bonds. The van der Waals surface area contributed by atoms with Crippen LogP contribution in [0.15, 0.2) is 18.2 Å². The number of carbonyl (C=O) groups excluding carboxylic acids is 2. The number of aromatic amines is 1. The van der Waals surface area contributed by atoms with Gasteiger partial charge in [-0.2, -0.15) is 0 Å². The van der Waals surface area contributed by atoms with Crippen LogP contribution in [-0.4, -0.2) is 64.0 Å². The molecular formula is C23H27FN4O4. The van der Waals surface area contributed by atoms with Crippen LogP contribution in [0.3, 0.4) is 0 Å². The van der Waals surface area contributed by atoms with Crippen molar-refractivity contribution in [2.45, 2.75) is 27.7 Å². The van der Waals surface area contributed by atoms with Gasteiger partial charge in [0.05, 0.1) is 11.1 Å². The van der Waals surface area contributed by atoms with Gasteiger partial charge in [0.15, 0.2) is 0 Å². The number of carbonyl (C=O) groups is 3. The Morgan fingerprint density at radius 3 is 2.47 bits per heavy atom. The zero-order valence-electron chi connectivity index (χ0n) is 18.6. The van der Waals surface area contributed by atoms with E-state index in [0.29, 0.717) is 34.7 Å². The van der Waals surface area contributed by atoms with Crippen LogP contribution in [-0.2, 0) is 4.79 Å². The molecule has 0 atom stereocenters. The first-order valence-electron chi connectivity index (χ1n) is 10.5. The van der Waals surface area contributed by atoms with Crippen LogP contribution in [0, 0.1) is 19.7 Å². The van der Waals surface area contributed by atoms with E-state index in [1.807, 2.05) is 18.7 Å². The van der Waals surface area contributed by atoms with Gasteiger partial charge in [-0.1, -0.05) is 13.8 Å². The molecule has 1 aromatic carbocycles. The maximum absolute atomic E-state index is 13.7. The number of H-pyrrole nitrogens is 1. The average Bonchev–Trinajstić information content (AvgIpc) is 3.20. The maximum Gasteiger partial charge on any atom is 0.414 e. The smallest absolute Gasteiger partial charge is 0.414 e. The van der Waals surface area contributed by atoms with Gasteiger partial charge in [0.2, 0.25) is 0 Å². The molecule has 9 heteroatoms. The van der Waals surface area contributed by atoms with E-state index in [2.05, 4.69) is 10.3 Å². The van der Waals surface area contributed by atoms with E-state index in [4.69, 9.17) is 0 Å². The largest absolute Gasteiger partial charge is 0.465 e. The first-order chi connectivity index (χ1) is 15.2. The predicted octanol–water partition coefficient (Wildman–Crippen LogP) is 3.73. The van der Waals surface area contributed by atoms with E-state index in [1.54, 1.807) is 19.9 Å². The molecule has 8 nitrogen and oxygen atoms in total. The molecule has 2 aromatic rings. The summed E-state index contributed by atoms with van der Waals surface area (Å²) in [7, 11) is 0. The summed E-state index contributed by atoms with van der Waals surface area (Å²) in [6.45, 7) is 9.30. The zero-order valence-corrected chi connectivity index (χ0v) is 18.6. The van der Waals surface area contributed by atoms with E-state index in [0.717, 1.165) is 18.0 Å². The fourth-order valence-corrected chi connectivity index (χ4v) is 3.89. The Bertz CT molecular complexity index is 1100. The molecule has 1 aromatic heterocycles. The number of fused-ring (bicyclic) bond motifs is 1. The van der Waals surface area contributed by atoms with Gasteiger partial charge in [0, 0.05) is 35.7 Å². The van der Waals surface area contributed by atoms with Gasteiger partial charge in [-0.05, 0) is 56.8 Å². The second kappa shape index (κ2) is 9.35. The van der Waals surface area contributed by atoms with Crippen LogP contribution in [0.4, 0.5) is 14.9 Å². The van der Waals surface area contributed by atoms with Crippen LogP contribution in [0.1, 0.15) is 46.7 Å². The zero-order chi connectivity index (χ0) is 23.6. The highest BCUT2D eigenvalue weighted by Gasteiger charge is 2.29. The molecule has 2 heterocycles. The summed E-state index contributed by atoms with van der Waals surface area (Å²) in [6.07, 6.45) is 0.238. The van der Waals surface area contributed by atoms with Crippen molar-refractivity contribution in [3.63, 3.8) is 0 Å². The minimum atomic E-state index is -1.32. The van der Waals surface area contributed by atoms with Gasteiger partial charge in [0.1, 0.15) is 5.82 Å². The van der Waals surface area contributed by atoms with E-state index in [-0.39, 0.29) is 23.6 Å². The van der Waals surface area contributed by atoms with E-state index in [1.165, 1.54) is 18.2 Å². The Morgan fingerprint density at radius 1 is 1.16 bits per heavy atom. The lowest BCUT2D eigenvalue weighted by atomic mass is 10.0. The molecule has 32 heavy (non-hydrogen) atoms. The number of imide groups is 1. The van der Waals surface area contributed by atoms with E-state index >= 15 is 0 Å². The van der Waals surface area contributed by atoms with Gasteiger partial charge in [-0.25, -0.2) is 14.1 Å². The number of nitrogens with one attached hydrogen (secondary N) is 2. The number of carboxylic acid groups (broad SMARTS) is 1. The van der Waals surface area contributed by atoms with Crippen LogP contribution >= 0.6 is 0 Å². The molecule has 0 saturated carbocycles. The van der Waals surface area contributed by atoms with Gasteiger partial charge >= 0.3 is 6.09 Å². The lowest BCUT2D eigenvalue weighted by Crippen LogP contribution is -2.42. The number of rotatable bonds is 7. The highest BCUT2D eigenvalue weighted by Crippen LogP contribution is 2.34. The topological polar surface area (TPSA) is 106 Å². The van der Waals surface area contributed by atoms with Crippen molar-refractivity contribution in [2.24, 2.45) is 0 Å². The first-order valence-corrected chi connectivity index (χ1v) is 10.5. The van der Waals surface area contributed by atoms with Crippen molar-refractivity contribution < 1.29 is 23.9 Å². The standard InChI is InChI=1S/C23H27FN4O4/c1-5-27(6-2)9-10-28(23(31)32)22(30)20-13(3)19(25-14(20)4)12-17-16-11-15(24)7-8-18(16)26-21(17)29/h7-8,11-12,25H,5-6,9-10H2,1-4H3,(H,26,29)(H,31,32). The number of anilines is 1. The molecule has 1 aliphatic heterocycles. The third kappa shape index (κ3) is 4.43. The highest BCUT2D eigenvalue weighted by molar-refractivity contribution is 6.35. The molecule has 0 spiro atoms. The molecule has 0 aliphatic carbocycles. The maximum atomic E-state index is 13.7. The van der Waals surface area contributed by atoms with Gasteiger partial charge in [0.25, 0.3) is 11.8 Å². The Morgan fingerprint density at radius 2 is 1.84 bits per heavy atom. The molecule has 0 bridgehead atoms. The number of aryl methyl sites for hydroxylation is 1. The summed E-state index contributed by atoms with van der Waals surface area (Å²) >= 11 is 0. The number of aromatic nitrogens is 1. The van der Waals surface area contributed by atoms with Crippen molar-refractivity contribution in [1.82, 2.24) is 14.8 Å². The summed E-state index contributed by atoms with van der Waals surface area (Å²) in [4.78, 5) is 43.3. The average molecular weight is 442 g/mol. The number of hydrogen-bond acceptors (Lipinski definition) is 4. The number of halogens is 1. The fourth-order valence-electron chi connectivity index (χ4n) is 3.89. The second-order valence-corrected chi connectivity index (χ2v) is 7.63. The van der Waals surface area contributed by atoms with E-state index in [9.17, 15) is 23.9 Å². The van der Waals surface area contributed by atoms with Crippen molar-refractivity contribution in [3.05, 3.63) is 52.1 Å². The number of hydrogen-bond donors (Lipinski definition) is 3.